The summed E-state index contributed by atoms with van der Waals surface area (Å²) in [6.45, 7) is 8.52. The van der Waals surface area contributed by atoms with E-state index >= 15 is 0 Å². The number of aliphatic hydroxyl groups is 1. The summed E-state index contributed by atoms with van der Waals surface area (Å²) in [5, 5.41) is 11.5. The van der Waals surface area contributed by atoms with Gasteiger partial charge in [0.05, 0.1) is 0 Å². The molecular formula is C11H24N2O2. The molecule has 15 heavy (non-hydrogen) atoms. The largest absolute Gasteiger partial charge is 0.396 e. The van der Waals surface area contributed by atoms with Crippen LogP contribution in [0, 0.1) is 11.3 Å². The Hall–Kier alpha value is -0.610. The Balaban J connectivity index is 3.84. The number of rotatable bonds is 5. The minimum absolute atomic E-state index is 0.0438. The molecule has 0 aliphatic heterocycles. The summed E-state index contributed by atoms with van der Waals surface area (Å²) in [6.07, 6.45) is 0.335. The summed E-state index contributed by atoms with van der Waals surface area (Å²) in [5.74, 6) is 0.0533. The van der Waals surface area contributed by atoms with Gasteiger partial charge in [0.1, 0.15) is 0 Å². The molecule has 0 aliphatic carbocycles. The third-order valence-corrected chi connectivity index (χ3v) is 2.48. The third-order valence-electron chi connectivity index (χ3n) is 2.48. The Labute approximate surface area is 92.2 Å². The van der Waals surface area contributed by atoms with Gasteiger partial charge in [-0.25, -0.2) is 0 Å². The Morgan fingerprint density at radius 1 is 1.47 bits per heavy atom. The second kappa shape index (κ2) is 6.08. The fraction of sp³-hybridized carbons (Fsp3) is 0.909. The monoisotopic (exact) mass is 216 g/mol. The molecule has 2 unspecified atom stereocenters. The van der Waals surface area contributed by atoms with Crippen molar-refractivity contribution in [2.45, 2.75) is 40.2 Å². The van der Waals surface area contributed by atoms with E-state index in [1.165, 1.54) is 0 Å². The van der Waals surface area contributed by atoms with Gasteiger partial charge in [0.25, 0.3) is 0 Å². The third kappa shape index (κ3) is 6.47. The summed E-state index contributed by atoms with van der Waals surface area (Å²) in [6, 6.07) is -0.137. The second-order valence-corrected chi connectivity index (χ2v) is 5.27. The molecule has 0 fully saturated rings. The van der Waals surface area contributed by atoms with Crippen LogP contribution >= 0.6 is 0 Å². The number of hydrogen-bond donors (Lipinski definition) is 3. The molecule has 0 aromatic heterocycles. The Kier molecular flexibility index (Phi) is 5.83. The highest BCUT2D eigenvalue weighted by Crippen LogP contribution is 2.19. The summed E-state index contributed by atoms with van der Waals surface area (Å²) < 4.78 is 0. The number of hydrogen-bond acceptors (Lipinski definition) is 3. The lowest BCUT2D eigenvalue weighted by molar-refractivity contribution is -0.122. The van der Waals surface area contributed by atoms with Crippen molar-refractivity contribution >= 4 is 5.91 Å². The molecule has 4 nitrogen and oxygen atoms in total. The highest BCUT2D eigenvalue weighted by atomic mass is 16.3. The van der Waals surface area contributed by atoms with E-state index in [-0.39, 0.29) is 29.9 Å². The van der Waals surface area contributed by atoms with Crippen LogP contribution in [0.4, 0.5) is 0 Å². The van der Waals surface area contributed by atoms with Crippen molar-refractivity contribution in [1.29, 1.82) is 0 Å². The molecule has 0 aromatic rings. The smallest absolute Gasteiger partial charge is 0.221 e. The first-order chi connectivity index (χ1) is 6.77. The molecule has 0 bridgehead atoms. The van der Waals surface area contributed by atoms with E-state index in [9.17, 15) is 4.79 Å². The predicted molar refractivity (Wildman–Crippen MR) is 61.3 cm³/mol. The molecule has 4 heteroatoms. The number of nitrogens with two attached hydrogens (primary N) is 1. The number of amides is 1. The maximum atomic E-state index is 11.4. The van der Waals surface area contributed by atoms with E-state index in [4.69, 9.17) is 10.8 Å². The maximum Gasteiger partial charge on any atom is 0.221 e. The first kappa shape index (κ1) is 14.4. The molecule has 90 valence electrons. The quantitative estimate of drug-likeness (QED) is 0.626. The topological polar surface area (TPSA) is 75.3 Å². The molecule has 0 rings (SSSR count). The molecule has 0 radical (unpaired) electrons. The van der Waals surface area contributed by atoms with Crippen LogP contribution in [0.15, 0.2) is 0 Å². The zero-order valence-electron chi connectivity index (χ0n) is 10.2. The molecule has 4 N–H and O–H groups in total. The Bertz CT molecular complexity index is 199. The van der Waals surface area contributed by atoms with Gasteiger partial charge in [-0.3, -0.25) is 4.79 Å². The predicted octanol–water partition coefficient (Wildman–Crippen LogP) is 0.494. The summed E-state index contributed by atoms with van der Waals surface area (Å²) >= 11 is 0. The molecule has 0 aliphatic rings. The van der Waals surface area contributed by atoms with Crippen LogP contribution in [0.2, 0.25) is 0 Å². The van der Waals surface area contributed by atoms with Crippen LogP contribution in [0.1, 0.15) is 34.1 Å². The van der Waals surface area contributed by atoms with Crippen molar-refractivity contribution in [3.05, 3.63) is 0 Å². The first-order valence-electron chi connectivity index (χ1n) is 5.40. The molecule has 0 heterocycles. The average Bonchev–Trinajstić information content (AvgIpc) is 2.12. The standard InChI is InChI=1S/C11H24N2O2/c1-8(7-14)6-13-10(15)5-9(12)11(2,3)4/h8-9,14H,5-7,12H2,1-4H3,(H,13,15). The second-order valence-electron chi connectivity index (χ2n) is 5.27. The Morgan fingerprint density at radius 3 is 2.40 bits per heavy atom. The van der Waals surface area contributed by atoms with Gasteiger partial charge in [-0.2, -0.15) is 0 Å². The highest BCUT2D eigenvalue weighted by molar-refractivity contribution is 5.76. The number of nitrogens with one attached hydrogen (secondary N) is 1. The van der Waals surface area contributed by atoms with Gasteiger partial charge >= 0.3 is 0 Å². The summed E-state index contributed by atoms with van der Waals surface area (Å²) in [4.78, 5) is 11.4. The zero-order chi connectivity index (χ0) is 12.1. The van der Waals surface area contributed by atoms with Crippen molar-refractivity contribution in [3.63, 3.8) is 0 Å². The van der Waals surface area contributed by atoms with Crippen LogP contribution in [-0.2, 0) is 4.79 Å². The lowest BCUT2D eigenvalue weighted by atomic mass is 9.85. The van der Waals surface area contributed by atoms with E-state index in [2.05, 4.69) is 5.32 Å². The van der Waals surface area contributed by atoms with Crippen LogP contribution in [0.3, 0.4) is 0 Å². The zero-order valence-corrected chi connectivity index (χ0v) is 10.2. The van der Waals surface area contributed by atoms with Crippen LogP contribution in [-0.4, -0.2) is 30.2 Å². The minimum Gasteiger partial charge on any atom is -0.396 e. The van der Waals surface area contributed by atoms with E-state index in [1.54, 1.807) is 0 Å². The number of carbonyl (C=O) groups is 1. The van der Waals surface area contributed by atoms with E-state index in [1.807, 2.05) is 27.7 Å². The van der Waals surface area contributed by atoms with Crippen molar-refractivity contribution in [2.75, 3.05) is 13.2 Å². The van der Waals surface area contributed by atoms with E-state index in [0.29, 0.717) is 13.0 Å². The van der Waals surface area contributed by atoms with Crippen molar-refractivity contribution in [3.8, 4) is 0 Å². The van der Waals surface area contributed by atoms with Gasteiger partial charge in [-0.15, -0.1) is 0 Å². The van der Waals surface area contributed by atoms with Crippen molar-refractivity contribution in [1.82, 2.24) is 5.32 Å². The molecule has 0 saturated carbocycles. The highest BCUT2D eigenvalue weighted by Gasteiger charge is 2.22. The molecular weight excluding hydrogens is 192 g/mol. The summed E-state index contributed by atoms with van der Waals surface area (Å²) in [5.41, 5.74) is 5.82. The van der Waals surface area contributed by atoms with Gasteiger partial charge in [0, 0.05) is 25.6 Å². The Morgan fingerprint density at radius 2 is 2.00 bits per heavy atom. The fourth-order valence-electron chi connectivity index (χ4n) is 0.931. The van der Waals surface area contributed by atoms with Crippen LogP contribution < -0.4 is 11.1 Å². The van der Waals surface area contributed by atoms with Gasteiger partial charge in [-0.05, 0) is 11.3 Å². The molecule has 0 spiro atoms. The van der Waals surface area contributed by atoms with Crippen molar-refractivity contribution in [2.24, 2.45) is 17.1 Å². The molecule has 0 aromatic carbocycles. The lowest BCUT2D eigenvalue weighted by Crippen LogP contribution is -2.41. The van der Waals surface area contributed by atoms with E-state index in [0.717, 1.165) is 0 Å². The maximum absolute atomic E-state index is 11.4. The van der Waals surface area contributed by atoms with Gasteiger partial charge in [-0.1, -0.05) is 27.7 Å². The van der Waals surface area contributed by atoms with Crippen LogP contribution in [0.25, 0.3) is 0 Å². The molecule has 2 atom stereocenters. The average molecular weight is 216 g/mol. The van der Waals surface area contributed by atoms with Gasteiger partial charge < -0.3 is 16.2 Å². The first-order valence-corrected chi connectivity index (χ1v) is 5.40. The van der Waals surface area contributed by atoms with Gasteiger partial charge in [0.15, 0.2) is 0 Å². The van der Waals surface area contributed by atoms with Gasteiger partial charge in [0.2, 0.25) is 5.91 Å². The molecule has 0 saturated heterocycles. The number of aliphatic hydroxyl groups excluding tert-OH is 1. The lowest BCUT2D eigenvalue weighted by Gasteiger charge is -2.26. The minimum atomic E-state index is -0.137. The number of carbonyl (C=O) groups excluding carboxylic acids is 1. The molecule has 1 amide bonds. The van der Waals surface area contributed by atoms with E-state index < -0.39 is 0 Å². The van der Waals surface area contributed by atoms with Crippen LogP contribution in [0.5, 0.6) is 0 Å². The normalized spacial score (nSPS) is 15.9. The SMILES string of the molecule is CC(CO)CNC(=O)CC(N)C(C)(C)C. The van der Waals surface area contributed by atoms with Crippen molar-refractivity contribution < 1.29 is 9.90 Å². The summed E-state index contributed by atoms with van der Waals surface area (Å²) in [7, 11) is 0. The fourth-order valence-corrected chi connectivity index (χ4v) is 0.931.